The molecule has 3 nitrogen and oxygen atoms in total. The lowest BCUT2D eigenvalue weighted by atomic mass is 9.90. The van der Waals surface area contributed by atoms with Crippen molar-refractivity contribution < 1.29 is 9.18 Å². The molecule has 1 amide bonds. The summed E-state index contributed by atoms with van der Waals surface area (Å²) < 4.78 is 14.9. The number of carbonyl (C=O) groups excluding carboxylic acids is 1. The Labute approximate surface area is 122 Å². The predicted octanol–water partition coefficient (Wildman–Crippen LogP) is 2.71. The lowest BCUT2D eigenvalue weighted by molar-refractivity contribution is -0.137. The van der Waals surface area contributed by atoms with E-state index in [4.69, 9.17) is 0 Å². The second-order valence-electron chi connectivity index (χ2n) is 7.09. The Hall–Kier alpha value is -0.640. The monoisotopic (exact) mass is 284 g/mol. The number of carbonyl (C=O) groups is 1. The summed E-state index contributed by atoms with van der Waals surface area (Å²) in [4.78, 5) is 16.0. The summed E-state index contributed by atoms with van der Waals surface area (Å²) in [5.41, 5.74) is -1.09. The van der Waals surface area contributed by atoms with Crippen molar-refractivity contribution in [2.24, 2.45) is 11.8 Å². The van der Waals surface area contributed by atoms with Crippen molar-refractivity contribution in [3.63, 3.8) is 0 Å². The third kappa shape index (κ3) is 3.94. The zero-order valence-corrected chi connectivity index (χ0v) is 13.2. The Bertz CT molecular complexity index is 329. The third-order valence-corrected chi connectivity index (χ3v) is 4.85. The van der Waals surface area contributed by atoms with Gasteiger partial charge >= 0.3 is 0 Å². The van der Waals surface area contributed by atoms with E-state index < -0.39 is 5.67 Å². The van der Waals surface area contributed by atoms with Crippen molar-refractivity contribution in [3.8, 4) is 0 Å². The highest BCUT2D eigenvalue weighted by Gasteiger charge is 2.38. The van der Waals surface area contributed by atoms with E-state index in [9.17, 15) is 9.18 Å². The van der Waals surface area contributed by atoms with Gasteiger partial charge in [0.15, 0.2) is 0 Å². The molecule has 2 rings (SSSR count). The first-order chi connectivity index (χ1) is 9.39. The van der Waals surface area contributed by atoms with Gasteiger partial charge in [-0.2, -0.15) is 0 Å². The van der Waals surface area contributed by atoms with Crippen LogP contribution in [-0.2, 0) is 4.79 Å². The van der Waals surface area contributed by atoms with Crippen LogP contribution in [0.5, 0.6) is 0 Å². The summed E-state index contributed by atoms with van der Waals surface area (Å²) in [6.07, 6.45) is 3.37. The van der Waals surface area contributed by atoms with E-state index >= 15 is 0 Å². The lowest BCUT2D eigenvalue weighted by Crippen LogP contribution is -2.51. The summed E-state index contributed by atoms with van der Waals surface area (Å²) in [7, 11) is 0. The molecule has 0 aromatic rings. The quantitative estimate of drug-likeness (QED) is 0.795. The molecule has 116 valence electrons. The molecule has 0 unspecified atom stereocenters. The second kappa shape index (κ2) is 6.42. The molecule has 0 aromatic carbocycles. The molecule has 2 saturated heterocycles. The van der Waals surface area contributed by atoms with Crippen molar-refractivity contribution in [2.75, 3.05) is 32.7 Å². The van der Waals surface area contributed by atoms with E-state index in [0.717, 1.165) is 19.0 Å². The molecular weight excluding hydrogens is 255 g/mol. The minimum atomic E-state index is -1.09. The van der Waals surface area contributed by atoms with Gasteiger partial charge in [0, 0.05) is 38.4 Å². The van der Waals surface area contributed by atoms with Crippen molar-refractivity contribution in [1.29, 1.82) is 0 Å². The van der Waals surface area contributed by atoms with Gasteiger partial charge < -0.3 is 9.80 Å². The van der Waals surface area contributed by atoms with Crippen molar-refractivity contribution >= 4 is 5.91 Å². The maximum absolute atomic E-state index is 14.9. The van der Waals surface area contributed by atoms with Crippen LogP contribution in [0.4, 0.5) is 4.39 Å². The fraction of sp³-hybridized carbons (Fsp3) is 0.938. The SMILES string of the molecule is CC1CCN(CC2(F)CCN(C(=O)C(C)C)CC2)CC1. The van der Waals surface area contributed by atoms with Gasteiger partial charge in [-0.1, -0.05) is 20.8 Å². The Morgan fingerprint density at radius 3 is 2.25 bits per heavy atom. The maximum Gasteiger partial charge on any atom is 0.225 e. The number of amides is 1. The van der Waals surface area contributed by atoms with Crippen LogP contribution in [0.25, 0.3) is 0 Å². The molecule has 0 spiro atoms. The molecule has 2 aliphatic heterocycles. The molecule has 0 radical (unpaired) electrons. The zero-order chi connectivity index (χ0) is 14.8. The van der Waals surface area contributed by atoms with Crippen LogP contribution in [0.1, 0.15) is 46.5 Å². The number of piperidine rings is 2. The van der Waals surface area contributed by atoms with Crippen molar-refractivity contribution in [3.05, 3.63) is 0 Å². The van der Waals surface area contributed by atoms with Gasteiger partial charge in [-0.15, -0.1) is 0 Å². The highest BCUT2D eigenvalue weighted by Crippen LogP contribution is 2.30. The van der Waals surface area contributed by atoms with Gasteiger partial charge in [-0.3, -0.25) is 4.79 Å². The molecule has 0 saturated carbocycles. The molecule has 0 N–H and O–H groups in total. The van der Waals surface area contributed by atoms with Crippen LogP contribution >= 0.6 is 0 Å². The minimum Gasteiger partial charge on any atom is -0.342 e. The number of rotatable bonds is 3. The minimum absolute atomic E-state index is 0.0192. The Morgan fingerprint density at radius 1 is 1.20 bits per heavy atom. The average Bonchev–Trinajstić information content (AvgIpc) is 2.41. The zero-order valence-electron chi connectivity index (χ0n) is 13.2. The average molecular weight is 284 g/mol. The lowest BCUT2D eigenvalue weighted by Gasteiger charge is -2.41. The van der Waals surface area contributed by atoms with Crippen LogP contribution in [0.2, 0.25) is 0 Å². The summed E-state index contributed by atoms with van der Waals surface area (Å²) in [6, 6.07) is 0. The second-order valence-corrected chi connectivity index (χ2v) is 7.09. The highest BCUT2D eigenvalue weighted by molar-refractivity contribution is 5.78. The van der Waals surface area contributed by atoms with Gasteiger partial charge in [-0.05, 0) is 31.8 Å². The van der Waals surface area contributed by atoms with Crippen LogP contribution in [0.15, 0.2) is 0 Å². The first-order valence-corrected chi connectivity index (χ1v) is 8.10. The standard InChI is InChI=1S/C16H29FN2O/c1-13(2)15(20)19-10-6-16(17,7-11-19)12-18-8-4-14(3)5-9-18/h13-14H,4-12H2,1-3H3. The molecule has 2 aliphatic rings. The summed E-state index contributed by atoms with van der Waals surface area (Å²) in [5, 5.41) is 0. The Morgan fingerprint density at radius 2 is 1.75 bits per heavy atom. The maximum atomic E-state index is 14.9. The number of alkyl halides is 1. The molecule has 0 bridgehead atoms. The van der Waals surface area contributed by atoms with Crippen molar-refractivity contribution in [1.82, 2.24) is 9.80 Å². The molecule has 2 fully saturated rings. The van der Waals surface area contributed by atoms with E-state index in [1.807, 2.05) is 18.7 Å². The van der Waals surface area contributed by atoms with E-state index in [0.29, 0.717) is 32.5 Å². The first-order valence-electron chi connectivity index (χ1n) is 8.10. The molecule has 20 heavy (non-hydrogen) atoms. The number of hydrogen-bond acceptors (Lipinski definition) is 2. The molecule has 0 aliphatic carbocycles. The van der Waals surface area contributed by atoms with Gasteiger partial charge in [0.25, 0.3) is 0 Å². The number of halogens is 1. The largest absolute Gasteiger partial charge is 0.342 e. The van der Waals surface area contributed by atoms with E-state index in [2.05, 4.69) is 11.8 Å². The smallest absolute Gasteiger partial charge is 0.225 e. The molecule has 4 heteroatoms. The number of likely N-dealkylation sites (tertiary alicyclic amines) is 2. The van der Waals surface area contributed by atoms with E-state index in [-0.39, 0.29) is 11.8 Å². The fourth-order valence-electron chi connectivity index (χ4n) is 3.27. The van der Waals surface area contributed by atoms with E-state index in [1.54, 1.807) is 0 Å². The number of nitrogens with zero attached hydrogens (tertiary/aromatic N) is 2. The Kier molecular flexibility index (Phi) is 5.05. The predicted molar refractivity (Wildman–Crippen MR) is 79.3 cm³/mol. The topological polar surface area (TPSA) is 23.6 Å². The van der Waals surface area contributed by atoms with Gasteiger partial charge in [0.1, 0.15) is 5.67 Å². The van der Waals surface area contributed by atoms with Crippen LogP contribution in [0.3, 0.4) is 0 Å². The Balaban J connectivity index is 1.80. The summed E-state index contributed by atoms with van der Waals surface area (Å²) in [6.45, 7) is 9.88. The van der Waals surface area contributed by atoms with Crippen LogP contribution in [0, 0.1) is 11.8 Å². The van der Waals surface area contributed by atoms with Crippen LogP contribution in [-0.4, -0.2) is 54.1 Å². The van der Waals surface area contributed by atoms with Crippen molar-refractivity contribution in [2.45, 2.75) is 52.1 Å². The summed E-state index contributed by atoms with van der Waals surface area (Å²) in [5.74, 6) is 0.969. The van der Waals surface area contributed by atoms with Gasteiger partial charge in [0.05, 0.1) is 0 Å². The van der Waals surface area contributed by atoms with Gasteiger partial charge in [0.2, 0.25) is 5.91 Å². The van der Waals surface area contributed by atoms with Gasteiger partial charge in [-0.25, -0.2) is 4.39 Å². The normalized spacial score (nSPS) is 25.1. The molecule has 0 aromatic heterocycles. The first kappa shape index (κ1) is 15.7. The summed E-state index contributed by atoms with van der Waals surface area (Å²) >= 11 is 0. The fourth-order valence-corrected chi connectivity index (χ4v) is 3.27. The van der Waals surface area contributed by atoms with E-state index in [1.165, 1.54) is 12.8 Å². The highest BCUT2D eigenvalue weighted by atomic mass is 19.1. The number of hydrogen-bond donors (Lipinski definition) is 0. The molecular formula is C16H29FN2O. The third-order valence-electron chi connectivity index (χ3n) is 4.85. The van der Waals surface area contributed by atoms with Crippen LogP contribution < -0.4 is 0 Å². The molecule has 2 heterocycles. The molecule has 0 atom stereocenters.